The predicted molar refractivity (Wildman–Crippen MR) is 71.8 cm³/mol. The van der Waals surface area contributed by atoms with Gasteiger partial charge in [0, 0.05) is 6.20 Å². The van der Waals surface area contributed by atoms with E-state index in [1.165, 1.54) is 0 Å². The van der Waals surface area contributed by atoms with E-state index in [-0.39, 0.29) is 11.7 Å². The normalized spacial score (nSPS) is 26.6. The molecule has 2 rings (SSSR count). The fourth-order valence-electron chi connectivity index (χ4n) is 2.59. The fourth-order valence-corrected chi connectivity index (χ4v) is 2.59. The molecule has 0 aromatic carbocycles. The van der Waals surface area contributed by atoms with E-state index in [1.54, 1.807) is 18.3 Å². The lowest BCUT2D eigenvalue weighted by Crippen LogP contribution is -2.54. The molecule has 19 heavy (non-hydrogen) atoms. The smallest absolute Gasteiger partial charge is 0.238 e. The van der Waals surface area contributed by atoms with Crippen LogP contribution in [0.1, 0.15) is 25.5 Å². The number of rotatable bonds is 3. The summed E-state index contributed by atoms with van der Waals surface area (Å²) in [6, 6.07) is 3.53. The molecule has 0 radical (unpaired) electrons. The lowest BCUT2D eigenvalue weighted by Gasteiger charge is -2.43. The van der Waals surface area contributed by atoms with Crippen molar-refractivity contribution in [3.05, 3.63) is 24.0 Å². The molecule has 0 bridgehead atoms. The number of nitrogens with one attached hydrogen (secondary N) is 1. The molecule has 1 aromatic heterocycles. The summed E-state index contributed by atoms with van der Waals surface area (Å²) in [6.45, 7) is 3.85. The number of amidine groups is 1. The van der Waals surface area contributed by atoms with Gasteiger partial charge < -0.3 is 16.3 Å². The molecule has 1 fully saturated rings. The number of aryl methyl sites for hydroxylation is 1. The van der Waals surface area contributed by atoms with Gasteiger partial charge in [-0.05, 0) is 37.8 Å². The fraction of sp³-hybridized carbons (Fsp3) is 0.462. The van der Waals surface area contributed by atoms with Gasteiger partial charge in [0.05, 0.1) is 11.4 Å². The third-order valence-corrected chi connectivity index (χ3v) is 3.68. The number of nitrogens with zero attached hydrogens (tertiary/aromatic N) is 2. The van der Waals surface area contributed by atoms with Crippen LogP contribution in [-0.2, 0) is 4.79 Å². The summed E-state index contributed by atoms with van der Waals surface area (Å²) in [5, 5.41) is 14.7. The number of aromatic nitrogens is 1. The van der Waals surface area contributed by atoms with Gasteiger partial charge in [-0.1, -0.05) is 12.1 Å². The van der Waals surface area contributed by atoms with E-state index in [0.717, 1.165) is 5.69 Å². The highest BCUT2D eigenvalue weighted by Gasteiger charge is 2.52. The van der Waals surface area contributed by atoms with Crippen LogP contribution in [0.3, 0.4) is 0 Å². The van der Waals surface area contributed by atoms with Crippen molar-refractivity contribution in [2.45, 2.75) is 26.7 Å². The number of carbonyl (C=O) groups is 1. The zero-order chi connectivity index (χ0) is 14.0. The Labute approximate surface area is 111 Å². The average molecular weight is 262 g/mol. The molecule has 0 saturated heterocycles. The number of pyridine rings is 1. The molecule has 6 heteroatoms. The molecular weight excluding hydrogens is 244 g/mol. The quantitative estimate of drug-likeness (QED) is 0.332. The summed E-state index contributed by atoms with van der Waals surface area (Å²) in [5.74, 6) is 0.127. The van der Waals surface area contributed by atoms with Crippen molar-refractivity contribution in [1.82, 2.24) is 4.98 Å². The lowest BCUT2D eigenvalue weighted by molar-refractivity contribution is -0.127. The minimum atomic E-state index is -0.892. The van der Waals surface area contributed by atoms with Crippen LogP contribution in [0.5, 0.6) is 0 Å². The summed E-state index contributed by atoms with van der Waals surface area (Å²) >= 11 is 0. The second kappa shape index (κ2) is 4.87. The van der Waals surface area contributed by atoms with Crippen molar-refractivity contribution in [3.8, 4) is 0 Å². The van der Waals surface area contributed by atoms with Crippen LogP contribution in [0, 0.1) is 18.3 Å². The van der Waals surface area contributed by atoms with E-state index in [2.05, 4.69) is 15.5 Å². The van der Waals surface area contributed by atoms with E-state index in [4.69, 9.17) is 10.9 Å². The molecule has 1 aliphatic rings. The van der Waals surface area contributed by atoms with Crippen LogP contribution in [0.4, 0.5) is 5.69 Å². The van der Waals surface area contributed by atoms with Gasteiger partial charge in [-0.15, -0.1) is 0 Å². The molecule has 1 heterocycles. The van der Waals surface area contributed by atoms with Crippen LogP contribution >= 0.6 is 0 Å². The van der Waals surface area contributed by atoms with Crippen LogP contribution in [0.25, 0.3) is 0 Å². The molecule has 0 unspecified atom stereocenters. The Bertz CT molecular complexity index is 521. The zero-order valence-electron chi connectivity index (χ0n) is 11.1. The maximum Gasteiger partial charge on any atom is 0.238 e. The third kappa shape index (κ3) is 2.25. The van der Waals surface area contributed by atoms with E-state index >= 15 is 0 Å². The zero-order valence-corrected chi connectivity index (χ0v) is 11.1. The monoisotopic (exact) mass is 262 g/mol. The summed E-state index contributed by atoms with van der Waals surface area (Å²) < 4.78 is 0. The van der Waals surface area contributed by atoms with Gasteiger partial charge in [0.1, 0.15) is 5.41 Å². The number of amides is 1. The summed E-state index contributed by atoms with van der Waals surface area (Å²) in [5.41, 5.74) is 6.18. The molecule has 102 valence electrons. The maximum atomic E-state index is 12.4. The SMILES string of the molecule is Cc1ncccc1NC(=O)C1(/C(N)=N/O)CC(C)C1. The van der Waals surface area contributed by atoms with E-state index in [9.17, 15) is 4.79 Å². The number of hydrogen-bond donors (Lipinski definition) is 3. The second-order valence-electron chi connectivity index (χ2n) is 5.17. The molecule has 4 N–H and O–H groups in total. The van der Waals surface area contributed by atoms with Crippen molar-refractivity contribution in [2.75, 3.05) is 5.32 Å². The highest BCUT2D eigenvalue weighted by molar-refractivity contribution is 6.12. The third-order valence-electron chi connectivity index (χ3n) is 3.68. The van der Waals surface area contributed by atoms with Crippen molar-refractivity contribution in [1.29, 1.82) is 0 Å². The largest absolute Gasteiger partial charge is 0.409 e. The van der Waals surface area contributed by atoms with Gasteiger partial charge in [0.25, 0.3) is 0 Å². The minimum absolute atomic E-state index is 0.0235. The topological polar surface area (TPSA) is 101 Å². The van der Waals surface area contributed by atoms with Crippen LogP contribution in [0.2, 0.25) is 0 Å². The number of oxime groups is 1. The number of anilines is 1. The molecule has 1 saturated carbocycles. The van der Waals surface area contributed by atoms with E-state index < -0.39 is 5.41 Å². The van der Waals surface area contributed by atoms with Gasteiger partial charge in [0.15, 0.2) is 5.84 Å². The van der Waals surface area contributed by atoms with E-state index in [1.807, 2.05) is 13.8 Å². The first kappa shape index (κ1) is 13.3. The van der Waals surface area contributed by atoms with E-state index in [0.29, 0.717) is 24.4 Å². The standard InChI is InChI=1S/C13H18N4O2/c1-8-6-13(7-8,11(14)17-19)12(18)16-10-4-3-5-15-9(10)2/h3-5,8,19H,6-7H2,1-2H3,(H2,14,17)(H,16,18). The van der Waals surface area contributed by atoms with Crippen molar-refractivity contribution in [3.63, 3.8) is 0 Å². The minimum Gasteiger partial charge on any atom is -0.409 e. The van der Waals surface area contributed by atoms with Gasteiger partial charge >= 0.3 is 0 Å². The lowest BCUT2D eigenvalue weighted by atomic mass is 9.61. The Kier molecular flexibility index (Phi) is 3.42. The molecule has 1 amide bonds. The molecule has 1 aromatic rings. The molecule has 0 atom stereocenters. The summed E-state index contributed by atoms with van der Waals surface area (Å²) in [6.07, 6.45) is 2.85. The second-order valence-corrected chi connectivity index (χ2v) is 5.17. The van der Waals surface area contributed by atoms with Crippen LogP contribution in [0.15, 0.2) is 23.5 Å². The highest BCUT2D eigenvalue weighted by atomic mass is 16.4. The van der Waals surface area contributed by atoms with Gasteiger partial charge in [-0.2, -0.15) is 0 Å². The Balaban J connectivity index is 2.21. The maximum absolute atomic E-state index is 12.4. The van der Waals surface area contributed by atoms with Crippen molar-refractivity contribution in [2.24, 2.45) is 22.2 Å². The summed E-state index contributed by atoms with van der Waals surface area (Å²) in [4.78, 5) is 16.5. The molecule has 1 aliphatic carbocycles. The van der Waals surface area contributed by atoms with Gasteiger partial charge in [-0.3, -0.25) is 9.78 Å². The van der Waals surface area contributed by atoms with Crippen LogP contribution < -0.4 is 11.1 Å². The molecular formula is C13H18N4O2. The molecule has 0 spiro atoms. The molecule has 6 nitrogen and oxygen atoms in total. The first-order valence-corrected chi connectivity index (χ1v) is 6.20. The van der Waals surface area contributed by atoms with Crippen molar-refractivity contribution < 1.29 is 10.0 Å². The number of hydrogen-bond acceptors (Lipinski definition) is 4. The number of nitrogens with two attached hydrogens (primary N) is 1. The molecule has 0 aliphatic heterocycles. The predicted octanol–water partition coefficient (Wildman–Crippen LogP) is 1.49. The number of carbonyl (C=O) groups excluding carboxylic acids is 1. The Morgan fingerprint density at radius 2 is 2.32 bits per heavy atom. The first-order valence-electron chi connectivity index (χ1n) is 6.20. The Morgan fingerprint density at radius 1 is 1.63 bits per heavy atom. The van der Waals surface area contributed by atoms with Gasteiger partial charge in [-0.25, -0.2) is 0 Å². The summed E-state index contributed by atoms with van der Waals surface area (Å²) in [7, 11) is 0. The highest BCUT2D eigenvalue weighted by Crippen LogP contribution is 2.46. The Hall–Kier alpha value is -2.11. The van der Waals surface area contributed by atoms with Gasteiger partial charge in [0.2, 0.25) is 5.91 Å². The first-order chi connectivity index (χ1) is 8.99. The van der Waals surface area contributed by atoms with Crippen LogP contribution in [-0.4, -0.2) is 21.9 Å². The average Bonchev–Trinajstić information content (AvgIpc) is 2.36. The Morgan fingerprint density at radius 3 is 2.84 bits per heavy atom. The van der Waals surface area contributed by atoms with Crippen molar-refractivity contribution >= 4 is 17.4 Å².